The van der Waals surface area contributed by atoms with Gasteiger partial charge >= 0.3 is 6.18 Å². The maximum Gasteiger partial charge on any atom is 0.416 e. The number of hydrogen-bond acceptors (Lipinski definition) is 4. The van der Waals surface area contributed by atoms with Crippen molar-refractivity contribution in [3.8, 4) is 0 Å². The predicted octanol–water partition coefficient (Wildman–Crippen LogP) is 4.62. The summed E-state index contributed by atoms with van der Waals surface area (Å²) in [5.41, 5.74) is -0.957. The minimum atomic E-state index is -4.59. The van der Waals surface area contributed by atoms with Gasteiger partial charge in [-0.15, -0.1) is 0 Å². The Bertz CT molecular complexity index is 718. The van der Waals surface area contributed by atoms with Gasteiger partial charge in [0.25, 0.3) is 0 Å². The lowest BCUT2D eigenvalue weighted by Gasteiger charge is -2.39. The summed E-state index contributed by atoms with van der Waals surface area (Å²) >= 11 is 0. The fourth-order valence-electron chi connectivity index (χ4n) is 3.40. The highest BCUT2D eigenvalue weighted by Crippen LogP contribution is 2.41. The Labute approximate surface area is 159 Å². The molecule has 1 fully saturated rings. The Balaban J connectivity index is 2.26. The molecular formula is C19H27F3O4S. The fourth-order valence-corrected chi connectivity index (χ4v) is 5.58. The molecule has 0 aliphatic carbocycles. The maximum atomic E-state index is 13.3. The standard InChI is InChI=1S/C19H27F3O4S/c1-3-5-10-25-14-16-13-18(4-2,9-11-26-16)27(23,24)17-8-6-7-15(12-17)19(20,21)22/h6-8,12,16H,3-5,9-11,13-14H2,1-2H3. The minimum absolute atomic E-state index is 0.216. The van der Waals surface area contributed by atoms with Crippen LogP contribution >= 0.6 is 0 Å². The number of rotatable bonds is 8. The van der Waals surface area contributed by atoms with Crippen LogP contribution in [0.15, 0.2) is 29.2 Å². The minimum Gasteiger partial charge on any atom is -0.379 e. The SMILES string of the molecule is CCCCOCC1CC(CC)(S(=O)(=O)c2cccc(C(F)(F)F)c2)CCO1. The van der Waals surface area contributed by atoms with Crippen LogP contribution in [0, 0.1) is 0 Å². The van der Waals surface area contributed by atoms with Crippen LogP contribution in [0.5, 0.6) is 0 Å². The Morgan fingerprint density at radius 2 is 2.04 bits per heavy atom. The van der Waals surface area contributed by atoms with E-state index in [1.807, 2.05) is 6.92 Å². The second kappa shape index (κ2) is 8.92. The second-order valence-corrected chi connectivity index (χ2v) is 9.29. The van der Waals surface area contributed by atoms with Gasteiger partial charge in [0.15, 0.2) is 9.84 Å². The van der Waals surface area contributed by atoms with Crippen molar-refractivity contribution in [2.24, 2.45) is 0 Å². The Morgan fingerprint density at radius 1 is 1.30 bits per heavy atom. The number of hydrogen-bond donors (Lipinski definition) is 0. The van der Waals surface area contributed by atoms with Gasteiger partial charge in [0.1, 0.15) is 0 Å². The highest BCUT2D eigenvalue weighted by Gasteiger charge is 2.47. The Hall–Kier alpha value is -1.12. The first-order valence-corrected chi connectivity index (χ1v) is 10.8. The monoisotopic (exact) mass is 408 g/mol. The molecule has 2 rings (SSSR count). The zero-order valence-corrected chi connectivity index (χ0v) is 16.5. The molecule has 0 spiro atoms. The molecule has 1 aromatic rings. The lowest BCUT2D eigenvalue weighted by Crippen LogP contribution is -2.47. The number of ether oxygens (including phenoxy) is 2. The van der Waals surface area contributed by atoms with E-state index in [9.17, 15) is 21.6 Å². The first kappa shape index (κ1) is 22.2. The Kier molecular flexibility index (Phi) is 7.33. The molecule has 0 radical (unpaired) electrons. The first-order valence-electron chi connectivity index (χ1n) is 9.27. The molecule has 8 heteroatoms. The molecule has 2 atom stereocenters. The van der Waals surface area contributed by atoms with Crippen LogP contribution in [0.4, 0.5) is 13.2 Å². The molecule has 27 heavy (non-hydrogen) atoms. The predicted molar refractivity (Wildman–Crippen MR) is 96.4 cm³/mol. The quantitative estimate of drug-likeness (QED) is 0.589. The van der Waals surface area contributed by atoms with Crippen LogP contribution in [0.2, 0.25) is 0 Å². The number of alkyl halides is 3. The third-order valence-electron chi connectivity index (χ3n) is 5.14. The van der Waals surface area contributed by atoms with E-state index in [-0.39, 0.29) is 30.4 Å². The highest BCUT2D eigenvalue weighted by molar-refractivity contribution is 7.92. The summed E-state index contributed by atoms with van der Waals surface area (Å²) in [6.45, 7) is 4.92. The van der Waals surface area contributed by atoms with Gasteiger partial charge in [0.05, 0.1) is 27.9 Å². The molecule has 0 bridgehead atoms. The van der Waals surface area contributed by atoms with E-state index in [0.717, 1.165) is 31.0 Å². The van der Waals surface area contributed by atoms with Crippen LogP contribution in [-0.2, 0) is 25.5 Å². The van der Waals surface area contributed by atoms with Gasteiger partial charge in [-0.3, -0.25) is 0 Å². The molecule has 4 nitrogen and oxygen atoms in total. The zero-order chi connectivity index (χ0) is 20.1. The van der Waals surface area contributed by atoms with Gasteiger partial charge in [0, 0.05) is 13.2 Å². The van der Waals surface area contributed by atoms with Crippen molar-refractivity contribution < 1.29 is 31.1 Å². The molecule has 0 N–H and O–H groups in total. The summed E-state index contributed by atoms with van der Waals surface area (Å²) in [7, 11) is -3.96. The zero-order valence-electron chi connectivity index (χ0n) is 15.7. The van der Waals surface area contributed by atoms with Gasteiger partial charge < -0.3 is 9.47 Å². The maximum absolute atomic E-state index is 13.3. The van der Waals surface area contributed by atoms with Gasteiger partial charge in [-0.05, 0) is 43.9 Å². The van der Waals surface area contributed by atoms with E-state index in [2.05, 4.69) is 0 Å². The van der Waals surface area contributed by atoms with Gasteiger partial charge in [0.2, 0.25) is 0 Å². The molecule has 0 amide bonds. The van der Waals surface area contributed by atoms with Crippen LogP contribution in [0.1, 0.15) is 51.5 Å². The summed E-state index contributed by atoms with van der Waals surface area (Å²) in [6.07, 6.45) is -2.28. The lowest BCUT2D eigenvalue weighted by atomic mass is 9.92. The van der Waals surface area contributed by atoms with Crippen molar-refractivity contribution in [1.82, 2.24) is 0 Å². The molecule has 0 aromatic heterocycles. The van der Waals surface area contributed by atoms with E-state index in [1.54, 1.807) is 6.92 Å². The van der Waals surface area contributed by atoms with Crippen molar-refractivity contribution in [3.05, 3.63) is 29.8 Å². The molecule has 1 aliphatic rings. The normalized spacial score (nSPS) is 24.1. The Morgan fingerprint density at radius 3 is 2.67 bits per heavy atom. The van der Waals surface area contributed by atoms with Crippen LogP contribution in [0.3, 0.4) is 0 Å². The third-order valence-corrected chi connectivity index (χ3v) is 7.82. The van der Waals surface area contributed by atoms with Crippen LogP contribution in [0.25, 0.3) is 0 Å². The van der Waals surface area contributed by atoms with E-state index in [4.69, 9.17) is 9.47 Å². The lowest BCUT2D eigenvalue weighted by molar-refractivity contribution is -0.137. The van der Waals surface area contributed by atoms with Gasteiger partial charge in [-0.25, -0.2) is 8.42 Å². The van der Waals surface area contributed by atoms with Crippen molar-refractivity contribution >= 4 is 9.84 Å². The molecule has 1 saturated heterocycles. The van der Waals surface area contributed by atoms with Crippen molar-refractivity contribution in [2.45, 2.75) is 67.9 Å². The van der Waals surface area contributed by atoms with Crippen molar-refractivity contribution in [3.63, 3.8) is 0 Å². The van der Waals surface area contributed by atoms with E-state index in [0.29, 0.717) is 19.6 Å². The molecule has 1 aromatic carbocycles. The second-order valence-electron chi connectivity index (χ2n) is 6.94. The van der Waals surface area contributed by atoms with Crippen molar-refractivity contribution in [1.29, 1.82) is 0 Å². The van der Waals surface area contributed by atoms with E-state index >= 15 is 0 Å². The summed E-state index contributed by atoms with van der Waals surface area (Å²) in [6, 6.07) is 3.99. The van der Waals surface area contributed by atoms with Gasteiger partial charge in [-0.2, -0.15) is 13.2 Å². The van der Waals surface area contributed by atoms with E-state index < -0.39 is 26.3 Å². The molecule has 0 saturated carbocycles. The molecule has 154 valence electrons. The highest BCUT2D eigenvalue weighted by atomic mass is 32.2. The van der Waals surface area contributed by atoms with Gasteiger partial charge in [-0.1, -0.05) is 26.3 Å². The fraction of sp³-hybridized carbons (Fsp3) is 0.684. The van der Waals surface area contributed by atoms with E-state index in [1.165, 1.54) is 6.07 Å². The number of unbranched alkanes of at least 4 members (excludes halogenated alkanes) is 1. The van der Waals surface area contributed by atoms with Crippen LogP contribution < -0.4 is 0 Å². The molecule has 1 heterocycles. The molecular weight excluding hydrogens is 381 g/mol. The average Bonchev–Trinajstić information content (AvgIpc) is 2.64. The number of sulfone groups is 1. The number of benzene rings is 1. The van der Waals surface area contributed by atoms with Crippen LogP contribution in [-0.4, -0.2) is 39.1 Å². The summed E-state index contributed by atoms with van der Waals surface area (Å²) in [5, 5.41) is 0. The summed E-state index contributed by atoms with van der Waals surface area (Å²) < 4.78 is 75.7. The molecule has 1 aliphatic heterocycles. The largest absolute Gasteiger partial charge is 0.416 e. The summed E-state index contributed by atoms with van der Waals surface area (Å²) in [4.78, 5) is -0.285. The number of halogens is 3. The molecule has 2 unspecified atom stereocenters. The third kappa shape index (κ3) is 5.03. The topological polar surface area (TPSA) is 52.6 Å². The van der Waals surface area contributed by atoms with Crippen molar-refractivity contribution in [2.75, 3.05) is 19.8 Å². The first-order chi connectivity index (χ1) is 12.7. The summed E-state index contributed by atoms with van der Waals surface area (Å²) in [5.74, 6) is 0. The average molecular weight is 408 g/mol. The smallest absolute Gasteiger partial charge is 0.379 e.